The van der Waals surface area contributed by atoms with Gasteiger partial charge in [0, 0.05) is 28.9 Å². The molecule has 0 bridgehead atoms. The summed E-state index contributed by atoms with van der Waals surface area (Å²) in [6.45, 7) is 3.97. The molecule has 1 saturated carbocycles. The Morgan fingerprint density at radius 2 is 2.29 bits per heavy atom. The zero-order valence-corrected chi connectivity index (χ0v) is 13.6. The van der Waals surface area contributed by atoms with Crippen molar-refractivity contribution in [1.82, 2.24) is 10.3 Å². The van der Waals surface area contributed by atoms with Crippen molar-refractivity contribution in [3.8, 4) is 0 Å². The van der Waals surface area contributed by atoms with Gasteiger partial charge >= 0.3 is 0 Å². The van der Waals surface area contributed by atoms with Crippen molar-refractivity contribution >= 4 is 28.6 Å². The van der Waals surface area contributed by atoms with E-state index in [0.717, 1.165) is 13.1 Å². The van der Waals surface area contributed by atoms with Crippen molar-refractivity contribution in [2.45, 2.75) is 38.9 Å². The highest BCUT2D eigenvalue weighted by atomic mass is 32.1. The number of nitrogen functional groups attached to an aromatic ring is 1. The molecule has 0 saturated heterocycles. The van der Waals surface area contributed by atoms with Crippen molar-refractivity contribution in [1.29, 1.82) is 0 Å². The van der Waals surface area contributed by atoms with Gasteiger partial charge in [0.2, 0.25) is 0 Å². The van der Waals surface area contributed by atoms with E-state index in [2.05, 4.69) is 34.8 Å². The SMILES string of the molecule is Cc1sc(C(=O)NN)cc1CN(Cc1cccs1)C1CC1. The minimum Gasteiger partial charge on any atom is -0.291 e. The lowest BCUT2D eigenvalue weighted by Crippen LogP contribution is -2.29. The molecule has 1 fully saturated rings. The third-order valence-corrected chi connectivity index (χ3v) is 5.70. The molecular weight excluding hydrogens is 302 g/mol. The molecule has 1 aliphatic rings. The van der Waals surface area contributed by atoms with Gasteiger partial charge in [-0.15, -0.1) is 22.7 Å². The van der Waals surface area contributed by atoms with Crippen LogP contribution in [0.15, 0.2) is 23.6 Å². The molecule has 6 heteroatoms. The summed E-state index contributed by atoms with van der Waals surface area (Å²) in [5, 5.41) is 2.12. The van der Waals surface area contributed by atoms with Crippen LogP contribution in [-0.2, 0) is 13.1 Å². The quantitative estimate of drug-likeness (QED) is 0.489. The fraction of sp³-hybridized carbons (Fsp3) is 0.400. The lowest BCUT2D eigenvalue weighted by Gasteiger charge is -2.21. The van der Waals surface area contributed by atoms with Gasteiger partial charge < -0.3 is 0 Å². The van der Waals surface area contributed by atoms with Gasteiger partial charge in [-0.25, -0.2) is 5.84 Å². The molecule has 0 aliphatic heterocycles. The predicted molar refractivity (Wildman–Crippen MR) is 87.3 cm³/mol. The second-order valence-electron chi connectivity index (χ2n) is 5.38. The van der Waals surface area contributed by atoms with E-state index in [4.69, 9.17) is 5.84 Å². The predicted octanol–water partition coefficient (Wildman–Crippen LogP) is 2.89. The molecule has 2 aromatic rings. The molecule has 0 aromatic carbocycles. The average Bonchev–Trinajstić information content (AvgIpc) is 3.09. The summed E-state index contributed by atoms with van der Waals surface area (Å²) >= 11 is 3.32. The molecular formula is C15H19N3OS2. The van der Waals surface area contributed by atoms with Gasteiger partial charge in [-0.1, -0.05) is 6.07 Å². The highest BCUT2D eigenvalue weighted by Gasteiger charge is 2.29. The van der Waals surface area contributed by atoms with E-state index in [-0.39, 0.29) is 5.91 Å². The highest BCUT2D eigenvalue weighted by Crippen LogP contribution is 2.32. The number of hydrogen-bond donors (Lipinski definition) is 2. The Morgan fingerprint density at radius 3 is 2.90 bits per heavy atom. The van der Waals surface area contributed by atoms with Crippen LogP contribution in [0.5, 0.6) is 0 Å². The number of nitrogens with zero attached hydrogens (tertiary/aromatic N) is 1. The average molecular weight is 321 g/mol. The molecule has 0 atom stereocenters. The molecule has 1 amide bonds. The van der Waals surface area contributed by atoms with Crippen LogP contribution in [-0.4, -0.2) is 16.8 Å². The summed E-state index contributed by atoms with van der Waals surface area (Å²) in [4.78, 5) is 17.4. The molecule has 2 aromatic heterocycles. The van der Waals surface area contributed by atoms with E-state index < -0.39 is 0 Å². The van der Waals surface area contributed by atoms with Crippen molar-refractivity contribution in [2.24, 2.45) is 5.84 Å². The van der Waals surface area contributed by atoms with Gasteiger partial charge in [0.15, 0.2) is 0 Å². The first-order valence-corrected chi connectivity index (χ1v) is 8.73. The number of nitrogens with two attached hydrogens (primary N) is 1. The zero-order chi connectivity index (χ0) is 14.8. The molecule has 4 nitrogen and oxygen atoms in total. The summed E-state index contributed by atoms with van der Waals surface area (Å²) in [6.07, 6.45) is 2.56. The number of hydrazine groups is 1. The smallest absolute Gasteiger partial charge is 0.275 e. The maximum Gasteiger partial charge on any atom is 0.275 e. The molecule has 2 heterocycles. The van der Waals surface area contributed by atoms with Crippen LogP contribution in [0.25, 0.3) is 0 Å². The maximum atomic E-state index is 11.6. The van der Waals surface area contributed by atoms with E-state index in [9.17, 15) is 4.79 Å². The highest BCUT2D eigenvalue weighted by molar-refractivity contribution is 7.14. The van der Waals surface area contributed by atoms with E-state index in [1.807, 2.05) is 6.07 Å². The van der Waals surface area contributed by atoms with Crippen LogP contribution in [0.4, 0.5) is 0 Å². The van der Waals surface area contributed by atoms with Crippen LogP contribution in [0.2, 0.25) is 0 Å². The largest absolute Gasteiger partial charge is 0.291 e. The Balaban J connectivity index is 1.73. The molecule has 21 heavy (non-hydrogen) atoms. The van der Waals surface area contributed by atoms with Crippen LogP contribution in [0.3, 0.4) is 0 Å². The molecule has 0 spiro atoms. The van der Waals surface area contributed by atoms with Gasteiger partial charge in [-0.05, 0) is 42.8 Å². The number of rotatable bonds is 6. The van der Waals surface area contributed by atoms with E-state index >= 15 is 0 Å². The number of hydrogen-bond acceptors (Lipinski definition) is 5. The molecule has 0 unspecified atom stereocenters. The summed E-state index contributed by atoms with van der Waals surface area (Å²) in [6, 6.07) is 6.96. The number of nitrogens with one attached hydrogen (secondary N) is 1. The van der Waals surface area contributed by atoms with Gasteiger partial charge in [-0.2, -0.15) is 0 Å². The van der Waals surface area contributed by atoms with Crippen molar-refractivity contribution in [3.05, 3.63) is 43.8 Å². The number of aryl methyl sites for hydroxylation is 1. The van der Waals surface area contributed by atoms with Gasteiger partial charge in [0.25, 0.3) is 5.91 Å². The van der Waals surface area contributed by atoms with E-state index in [1.54, 1.807) is 11.3 Å². The molecule has 0 radical (unpaired) electrons. The monoisotopic (exact) mass is 321 g/mol. The maximum absolute atomic E-state index is 11.6. The lowest BCUT2D eigenvalue weighted by molar-refractivity contribution is 0.0957. The second-order valence-corrected chi connectivity index (χ2v) is 7.67. The first-order valence-electron chi connectivity index (χ1n) is 7.04. The number of amides is 1. The van der Waals surface area contributed by atoms with Gasteiger partial charge in [0.1, 0.15) is 0 Å². The summed E-state index contributed by atoms with van der Waals surface area (Å²) in [5.74, 6) is 5.01. The van der Waals surface area contributed by atoms with Crippen molar-refractivity contribution in [2.75, 3.05) is 0 Å². The van der Waals surface area contributed by atoms with Gasteiger partial charge in [-0.3, -0.25) is 15.1 Å². The first kappa shape index (κ1) is 14.7. The van der Waals surface area contributed by atoms with E-state index in [0.29, 0.717) is 10.9 Å². The fourth-order valence-electron chi connectivity index (χ4n) is 2.44. The Hall–Kier alpha value is -1.21. The number of thiophene rings is 2. The summed E-state index contributed by atoms with van der Waals surface area (Å²) in [7, 11) is 0. The van der Waals surface area contributed by atoms with Crippen LogP contribution in [0.1, 0.15) is 37.8 Å². The topological polar surface area (TPSA) is 58.4 Å². The fourth-order valence-corrected chi connectivity index (χ4v) is 4.10. The lowest BCUT2D eigenvalue weighted by atomic mass is 10.2. The van der Waals surface area contributed by atoms with Gasteiger partial charge in [0.05, 0.1) is 4.88 Å². The Morgan fingerprint density at radius 1 is 1.48 bits per heavy atom. The Bertz CT molecular complexity index is 617. The summed E-state index contributed by atoms with van der Waals surface area (Å²) < 4.78 is 0. The zero-order valence-electron chi connectivity index (χ0n) is 12.0. The molecule has 112 valence electrons. The minimum atomic E-state index is -0.203. The molecule has 3 N–H and O–H groups in total. The minimum absolute atomic E-state index is 0.203. The van der Waals surface area contributed by atoms with Crippen LogP contribution < -0.4 is 11.3 Å². The molecule has 1 aliphatic carbocycles. The standard InChI is InChI=1S/C15H19N3OS2/c1-10-11(7-14(21-10)15(19)17-16)8-18(12-4-5-12)9-13-3-2-6-20-13/h2-3,6-7,12H,4-5,8-9,16H2,1H3,(H,17,19). The second kappa shape index (κ2) is 6.27. The third kappa shape index (κ3) is 3.52. The summed E-state index contributed by atoms with van der Waals surface area (Å²) in [5.41, 5.74) is 3.44. The Kier molecular flexibility index (Phi) is 4.40. The van der Waals surface area contributed by atoms with Crippen LogP contribution in [0, 0.1) is 6.92 Å². The number of carbonyl (C=O) groups excluding carboxylic acids is 1. The Labute approximate surface area is 132 Å². The van der Waals surface area contributed by atoms with Crippen molar-refractivity contribution in [3.63, 3.8) is 0 Å². The third-order valence-electron chi connectivity index (χ3n) is 3.75. The first-order chi connectivity index (χ1) is 10.2. The molecule has 3 rings (SSSR count). The number of carbonyl (C=O) groups is 1. The van der Waals surface area contributed by atoms with Crippen molar-refractivity contribution < 1.29 is 4.79 Å². The van der Waals surface area contributed by atoms with E-state index in [1.165, 1.54) is 39.5 Å². The van der Waals surface area contributed by atoms with Crippen LogP contribution >= 0.6 is 22.7 Å². The normalized spacial score (nSPS) is 14.6.